The fraction of sp³-hybridized carbons (Fsp3) is 0.375. The predicted octanol–water partition coefficient (Wildman–Crippen LogP) is 3.53. The molecule has 0 aliphatic carbocycles. The van der Waals surface area contributed by atoms with E-state index in [0.717, 1.165) is 37.8 Å². The molecule has 0 spiro atoms. The molecule has 0 fully saturated rings. The van der Waals surface area contributed by atoms with Gasteiger partial charge in [-0.25, -0.2) is 0 Å². The molecule has 5 nitrogen and oxygen atoms in total. The van der Waals surface area contributed by atoms with Crippen LogP contribution >= 0.6 is 0 Å². The number of nitrogens with zero attached hydrogens (tertiary/aromatic N) is 2. The van der Waals surface area contributed by atoms with Crippen molar-refractivity contribution in [2.75, 3.05) is 27.2 Å². The lowest BCUT2D eigenvalue weighted by Gasteiger charge is -2.18. The number of aryl methyl sites for hydroxylation is 1. The molecule has 1 aliphatic heterocycles. The van der Waals surface area contributed by atoms with Gasteiger partial charge in [0, 0.05) is 36.1 Å². The zero-order valence-electron chi connectivity index (χ0n) is 17.3. The minimum Gasteiger partial charge on any atom is -0.496 e. The van der Waals surface area contributed by atoms with Crippen LogP contribution in [0, 0.1) is 6.92 Å². The quantitative estimate of drug-likeness (QED) is 0.675. The van der Waals surface area contributed by atoms with Crippen LogP contribution in [0.1, 0.15) is 38.8 Å². The van der Waals surface area contributed by atoms with Gasteiger partial charge < -0.3 is 19.3 Å². The summed E-state index contributed by atoms with van der Waals surface area (Å²) in [5.41, 5.74) is 6.41. The van der Waals surface area contributed by atoms with Crippen molar-refractivity contribution in [3.63, 3.8) is 0 Å². The normalized spacial score (nSPS) is 15.7. The maximum atomic E-state index is 11.2. The average molecular weight is 392 g/mol. The monoisotopic (exact) mass is 392 g/mol. The third-order valence-corrected chi connectivity index (χ3v) is 6.04. The fourth-order valence-corrected chi connectivity index (χ4v) is 4.39. The van der Waals surface area contributed by atoms with E-state index in [1.165, 1.54) is 34.8 Å². The lowest BCUT2D eigenvalue weighted by Crippen LogP contribution is -2.21. The van der Waals surface area contributed by atoms with Crippen LogP contribution in [-0.4, -0.2) is 48.1 Å². The van der Waals surface area contributed by atoms with E-state index in [9.17, 15) is 9.90 Å². The molecule has 0 radical (unpaired) electrons. The molecule has 4 rings (SSSR count). The number of methoxy groups -OCH3 is 1. The Morgan fingerprint density at radius 1 is 1.17 bits per heavy atom. The lowest BCUT2D eigenvalue weighted by molar-refractivity contribution is 0.112. The molecule has 1 atom stereocenters. The summed E-state index contributed by atoms with van der Waals surface area (Å²) in [5.74, 6) is 0.491. The molecule has 29 heavy (non-hydrogen) atoms. The topological polar surface area (TPSA) is 54.7 Å². The molecule has 1 aromatic heterocycles. The molecule has 1 unspecified atom stereocenters. The summed E-state index contributed by atoms with van der Waals surface area (Å²) < 4.78 is 7.60. The molecule has 0 saturated heterocycles. The number of benzene rings is 2. The summed E-state index contributed by atoms with van der Waals surface area (Å²) in [6.07, 6.45) is 2.08. The zero-order chi connectivity index (χ0) is 20.5. The number of aromatic nitrogens is 1. The summed E-state index contributed by atoms with van der Waals surface area (Å²) in [6, 6.07) is 11.8. The molecule has 0 bridgehead atoms. The second-order valence-electron chi connectivity index (χ2n) is 7.99. The third-order valence-electron chi connectivity index (χ3n) is 6.04. The Morgan fingerprint density at radius 2 is 1.97 bits per heavy atom. The van der Waals surface area contributed by atoms with Crippen molar-refractivity contribution < 1.29 is 14.6 Å². The van der Waals surface area contributed by atoms with Crippen LogP contribution in [0.3, 0.4) is 0 Å². The van der Waals surface area contributed by atoms with Gasteiger partial charge in [0.05, 0.1) is 25.3 Å². The van der Waals surface area contributed by atoms with Crippen LogP contribution in [0.25, 0.3) is 10.9 Å². The van der Waals surface area contributed by atoms with Gasteiger partial charge >= 0.3 is 0 Å². The van der Waals surface area contributed by atoms with Gasteiger partial charge in [-0.15, -0.1) is 0 Å². The molecular formula is C24H28N2O3. The zero-order valence-corrected chi connectivity index (χ0v) is 17.3. The van der Waals surface area contributed by atoms with E-state index in [1.807, 2.05) is 0 Å². The number of rotatable bonds is 5. The van der Waals surface area contributed by atoms with Crippen molar-refractivity contribution >= 4 is 17.2 Å². The van der Waals surface area contributed by atoms with Crippen LogP contribution in [0.4, 0.5) is 0 Å². The maximum Gasteiger partial charge on any atom is 0.153 e. The van der Waals surface area contributed by atoms with E-state index in [2.05, 4.69) is 41.6 Å². The Bertz CT molecular complexity index is 1050. The first-order valence-electron chi connectivity index (χ1n) is 10.1. The van der Waals surface area contributed by atoms with Crippen LogP contribution in [-0.2, 0) is 19.4 Å². The second kappa shape index (κ2) is 8.01. The van der Waals surface area contributed by atoms with Crippen molar-refractivity contribution in [1.29, 1.82) is 0 Å². The summed E-state index contributed by atoms with van der Waals surface area (Å²) in [4.78, 5) is 13.5. The van der Waals surface area contributed by atoms with Gasteiger partial charge in [-0.3, -0.25) is 4.79 Å². The Labute approximate surface area is 171 Å². The van der Waals surface area contributed by atoms with E-state index in [0.29, 0.717) is 17.9 Å². The molecule has 2 aromatic carbocycles. The number of likely N-dealkylation sites (N-methyl/N-ethyl adjacent to an activating group) is 1. The van der Waals surface area contributed by atoms with Gasteiger partial charge in [0.25, 0.3) is 0 Å². The first-order chi connectivity index (χ1) is 14.0. The molecule has 1 aliphatic rings. The van der Waals surface area contributed by atoms with E-state index in [1.54, 1.807) is 18.2 Å². The largest absolute Gasteiger partial charge is 0.496 e. The number of fused-ring (bicyclic) bond motifs is 3. The minimum atomic E-state index is -0.688. The highest BCUT2D eigenvalue weighted by Crippen LogP contribution is 2.32. The highest BCUT2D eigenvalue weighted by molar-refractivity contribution is 5.86. The van der Waals surface area contributed by atoms with Gasteiger partial charge in [0.15, 0.2) is 6.29 Å². The van der Waals surface area contributed by atoms with E-state index >= 15 is 0 Å². The minimum absolute atomic E-state index is 0.474. The third kappa shape index (κ3) is 3.68. The van der Waals surface area contributed by atoms with Crippen molar-refractivity contribution in [3.05, 3.63) is 64.3 Å². The SMILES string of the molecule is COc1cc(C(O)Cn2c3c(c4cc(C)ccc42)CCN(C)CC3)ccc1C=O. The Hall–Kier alpha value is -2.63. The van der Waals surface area contributed by atoms with Crippen LogP contribution in [0.5, 0.6) is 5.75 Å². The Balaban J connectivity index is 1.75. The number of aliphatic hydroxyl groups is 1. The first kappa shape index (κ1) is 19.7. The molecule has 0 amide bonds. The van der Waals surface area contributed by atoms with Crippen LogP contribution in [0.2, 0.25) is 0 Å². The highest BCUT2D eigenvalue weighted by Gasteiger charge is 2.22. The number of ether oxygens (including phenoxy) is 1. The standard InChI is InChI=1S/C24H28N2O3/c1-16-4-7-21-20(12-16)19-8-10-25(2)11-9-22(19)26(21)14-23(28)17-5-6-18(15-27)24(13-17)29-3/h4-7,12-13,15,23,28H,8-11,14H2,1-3H3. The molecule has 152 valence electrons. The molecular weight excluding hydrogens is 364 g/mol. The molecule has 3 aromatic rings. The number of hydrogen-bond donors (Lipinski definition) is 1. The maximum absolute atomic E-state index is 11.2. The van der Waals surface area contributed by atoms with E-state index in [4.69, 9.17) is 4.74 Å². The Kier molecular flexibility index (Phi) is 5.43. The first-order valence-corrected chi connectivity index (χ1v) is 10.1. The number of aldehydes is 1. The average Bonchev–Trinajstić information content (AvgIpc) is 2.86. The van der Waals surface area contributed by atoms with Gasteiger partial charge in [-0.1, -0.05) is 17.7 Å². The smallest absolute Gasteiger partial charge is 0.153 e. The molecule has 0 saturated carbocycles. The van der Waals surface area contributed by atoms with Crippen molar-refractivity contribution in [3.8, 4) is 5.75 Å². The fourth-order valence-electron chi connectivity index (χ4n) is 4.39. The number of hydrogen-bond acceptors (Lipinski definition) is 4. The van der Waals surface area contributed by atoms with Crippen molar-refractivity contribution in [2.24, 2.45) is 0 Å². The van der Waals surface area contributed by atoms with Crippen LogP contribution in [0.15, 0.2) is 36.4 Å². The van der Waals surface area contributed by atoms with Gasteiger partial charge in [0.2, 0.25) is 0 Å². The number of carbonyl (C=O) groups is 1. The summed E-state index contributed by atoms with van der Waals surface area (Å²) >= 11 is 0. The van der Waals surface area contributed by atoms with Crippen LogP contribution < -0.4 is 4.74 Å². The summed E-state index contributed by atoms with van der Waals surface area (Å²) in [6.45, 7) is 4.66. The van der Waals surface area contributed by atoms with Gasteiger partial charge in [-0.2, -0.15) is 0 Å². The highest BCUT2D eigenvalue weighted by atomic mass is 16.5. The lowest BCUT2D eigenvalue weighted by atomic mass is 10.1. The number of aliphatic hydroxyl groups excluding tert-OH is 1. The molecule has 2 heterocycles. The number of carbonyl (C=O) groups excluding carboxylic acids is 1. The predicted molar refractivity (Wildman–Crippen MR) is 115 cm³/mol. The summed E-state index contributed by atoms with van der Waals surface area (Å²) in [7, 11) is 3.70. The van der Waals surface area contributed by atoms with Gasteiger partial charge in [-0.05, 0) is 55.8 Å². The summed E-state index contributed by atoms with van der Waals surface area (Å²) in [5, 5.41) is 12.3. The van der Waals surface area contributed by atoms with Crippen molar-refractivity contribution in [2.45, 2.75) is 32.4 Å². The molecule has 5 heteroatoms. The molecule has 1 N–H and O–H groups in total. The second-order valence-corrected chi connectivity index (χ2v) is 7.99. The van der Waals surface area contributed by atoms with E-state index in [-0.39, 0.29) is 0 Å². The van der Waals surface area contributed by atoms with Crippen molar-refractivity contribution in [1.82, 2.24) is 9.47 Å². The Morgan fingerprint density at radius 3 is 2.72 bits per heavy atom. The van der Waals surface area contributed by atoms with E-state index < -0.39 is 6.10 Å². The van der Waals surface area contributed by atoms with Gasteiger partial charge in [0.1, 0.15) is 5.75 Å².